The van der Waals surface area contributed by atoms with Crippen LogP contribution in [0.25, 0.3) is 0 Å². The first-order valence-electron chi connectivity index (χ1n) is 8.45. The molecule has 148 valence electrons. The molecule has 0 heterocycles. The third kappa shape index (κ3) is 6.84. The van der Waals surface area contributed by atoms with E-state index in [9.17, 15) is 9.18 Å². The minimum Gasteiger partial charge on any atom is -0.493 e. The smallest absolute Gasteiger partial charge is 0.262 e. The Morgan fingerprint density at radius 2 is 1.96 bits per heavy atom. The first-order valence-corrected chi connectivity index (χ1v) is 8.85. The van der Waals surface area contributed by atoms with Gasteiger partial charge in [-0.3, -0.25) is 10.2 Å². The number of hydrogen-bond acceptors (Lipinski definition) is 5. The van der Waals surface area contributed by atoms with Gasteiger partial charge in [0.2, 0.25) is 0 Å². The molecule has 0 fully saturated rings. The van der Waals surface area contributed by atoms with Crippen LogP contribution in [0.1, 0.15) is 12.5 Å². The van der Waals surface area contributed by atoms with Gasteiger partial charge in [0.1, 0.15) is 5.82 Å². The van der Waals surface area contributed by atoms with Gasteiger partial charge < -0.3 is 20.1 Å². The fraction of sp³-hybridized carbons (Fsp3) is 0.211. The molecule has 0 aliphatic heterocycles. The van der Waals surface area contributed by atoms with Crippen LogP contribution < -0.4 is 25.5 Å². The number of amides is 1. The first-order chi connectivity index (χ1) is 13.5. The van der Waals surface area contributed by atoms with Gasteiger partial charge in [0.25, 0.3) is 5.91 Å². The Hall–Kier alpha value is -3.20. The molecule has 7 nitrogen and oxygen atoms in total. The average molecular weight is 404 g/mol. The number of benzene rings is 2. The molecule has 0 saturated heterocycles. The molecule has 0 aromatic heterocycles. The number of hydrogen-bond donors (Lipinski definition) is 3. The Morgan fingerprint density at radius 3 is 2.64 bits per heavy atom. The number of methoxy groups -OCH3 is 1. The van der Waals surface area contributed by atoms with Gasteiger partial charge in [0.05, 0.1) is 13.3 Å². The van der Waals surface area contributed by atoms with Crippen molar-refractivity contribution < 1.29 is 18.7 Å². The Bertz CT molecular complexity index is 844. The third-order valence-electron chi connectivity index (χ3n) is 3.39. The number of ether oxygens (including phenoxy) is 2. The highest BCUT2D eigenvalue weighted by Crippen LogP contribution is 2.27. The molecule has 2 aromatic carbocycles. The molecule has 0 aliphatic rings. The standard InChI is InChI=1S/C19H21FN4O3S/c1-3-21-19(28)24-22-11-13-4-9-16(17(10-13)26-2)27-12-18(25)23-15-7-5-14(20)6-8-15/h4-11H,3,12H2,1-2H3,(H,23,25)(H2,21,24,28)/b22-11-. The van der Waals surface area contributed by atoms with Gasteiger partial charge in [0, 0.05) is 12.2 Å². The van der Waals surface area contributed by atoms with E-state index in [2.05, 4.69) is 21.2 Å². The average Bonchev–Trinajstić information content (AvgIpc) is 2.68. The van der Waals surface area contributed by atoms with Crippen LogP contribution in [-0.2, 0) is 4.79 Å². The number of halogens is 1. The van der Waals surface area contributed by atoms with Crippen LogP contribution in [0.2, 0.25) is 0 Å². The summed E-state index contributed by atoms with van der Waals surface area (Å²) in [6.07, 6.45) is 1.58. The van der Waals surface area contributed by atoms with Crippen LogP contribution in [0.5, 0.6) is 11.5 Å². The number of rotatable bonds is 8. The van der Waals surface area contributed by atoms with Crippen LogP contribution in [-0.4, -0.2) is 37.5 Å². The Kier molecular flexibility index (Phi) is 8.16. The number of anilines is 1. The molecule has 9 heteroatoms. The fourth-order valence-electron chi connectivity index (χ4n) is 2.12. The highest BCUT2D eigenvalue weighted by atomic mass is 32.1. The van der Waals surface area contributed by atoms with E-state index in [4.69, 9.17) is 21.7 Å². The Morgan fingerprint density at radius 1 is 1.21 bits per heavy atom. The summed E-state index contributed by atoms with van der Waals surface area (Å²) in [5.41, 5.74) is 3.93. The summed E-state index contributed by atoms with van der Waals surface area (Å²) in [6, 6.07) is 10.6. The van der Waals surface area contributed by atoms with E-state index < -0.39 is 0 Å². The quantitative estimate of drug-likeness (QED) is 0.356. The Labute approximate surface area is 167 Å². The summed E-state index contributed by atoms with van der Waals surface area (Å²) in [5.74, 6) is 0.111. The number of thiocarbonyl (C=S) groups is 1. The van der Waals surface area contributed by atoms with Crippen LogP contribution in [0.15, 0.2) is 47.6 Å². The predicted molar refractivity (Wildman–Crippen MR) is 111 cm³/mol. The minimum atomic E-state index is -0.375. The molecular formula is C19H21FN4O3S. The van der Waals surface area contributed by atoms with Crippen molar-refractivity contribution in [1.29, 1.82) is 0 Å². The molecule has 0 spiro atoms. The molecule has 3 N–H and O–H groups in total. The van der Waals surface area contributed by atoms with Crippen LogP contribution >= 0.6 is 12.2 Å². The fourth-order valence-corrected chi connectivity index (χ4v) is 2.32. The lowest BCUT2D eigenvalue weighted by atomic mass is 10.2. The van der Waals surface area contributed by atoms with E-state index in [1.54, 1.807) is 24.4 Å². The maximum Gasteiger partial charge on any atom is 0.262 e. The van der Waals surface area contributed by atoms with Crippen LogP contribution in [0, 0.1) is 5.82 Å². The summed E-state index contributed by atoms with van der Waals surface area (Å²) in [7, 11) is 1.50. The van der Waals surface area contributed by atoms with Gasteiger partial charge in [-0.2, -0.15) is 5.10 Å². The topological polar surface area (TPSA) is 84.0 Å². The van der Waals surface area contributed by atoms with E-state index in [1.165, 1.54) is 31.4 Å². The highest BCUT2D eigenvalue weighted by molar-refractivity contribution is 7.80. The number of hydrazone groups is 1. The van der Waals surface area contributed by atoms with Crippen LogP contribution in [0.3, 0.4) is 0 Å². The Balaban J connectivity index is 1.92. The molecule has 0 bridgehead atoms. The summed E-state index contributed by atoms with van der Waals surface area (Å²) in [6.45, 7) is 2.41. The van der Waals surface area contributed by atoms with Crippen molar-refractivity contribution >= 4 is 35.1 Å². The van der Waals surface area contributed by atoms with Gasteiger partial charge in [-0.15, -0.1) is 0 Å². The number of nitrogens with zero attached hydrogens (tertiary/aromatic N) is 1. The maximum absolute atomic E-state index is 12.9. The van der Waals surface area contributed by atoms with Gasteiger partial charge in [-0.25, -0.2) is 4.39 Å². The molecule has 28 heavy (non-hydrogen) atoms. The summed E-state index contributed by atoms with van der Waals surface area (Å²) in [4.78, 5) is 12.0. The van der Waals surface area contributed by atoms with E-state index in [0.29, 0.717) is 28.8 Å². The van der Waals surface area contributed by atoms with Crippen molar-refractivity contribution in [2.75, 3.05) is 25.6 Å². The second kappa shape index (κ2) is 10.8. The van der Waals surface area contributed by atoms with Gasteiger partial charge >= 0.3 is 0 Å². The van der Waals surface area contributed by atoms with Gasteiger partial charge in [-0.05, 0) is 67.2 Å². The number of carbonyl (C=O) groups is 1. The van der Waals surface area contributed by atoms with Crippen molar-refractivity contribution in [3.8, 4) is 11.5 Å². The molecular weight excluding hydrogens is 383 g/mol. The largest absolute Gasteiger partial charge is 0.493 e. The monoisotopic (exact) mass is 404 g/mol. The first kappa shape index (κ1) is 21.1. The van der Waals surface area contributed by atoms with Crippen molar-refractivity contribution in [3.05, 3.63) is 53.8 Å². The molecule has 0 unspecified atom stereocenters. The minimum absolute atomic E-state index is 0.223. The SMILES string of the molecule is CCNC(=S)N/N=C\c1ccc(OCC(=O)Nc2ccc(F)cc2)c(OC)c1. The molecule has 0 atom stereocenters. The van der Waals surface area contributed by atoms with Crippen molar-refractivity contribution in [1.82, 2.24) is 10.7 Å². The van der Waals surface area contributed by atoms with Crippen molar-refractivity contribution in [2.45, 2.75) is 6.92 Å². The van der Waals surface area contributed by atoms with Crippen molar-refractivity contribution in [3.63, 3.8) is 0 Å². The number of nitrogens with one attached hydrogen (secondary N) is 3. The molecule has 1 amide bonds. The third-order valence-corrected chi connectivity index (χ3v) is 3.63. The normalized spacial score (nSPS) is 10.4. The second-order valence-corrected chi connectivity index (χ2v) is 5.89. The van der Waals surface area contributed by atoms with E-state index in [-0.39, 0.29) is 18.3 Å². The lowest BCUT2D eigenvalue weighted by molar-refractivity contribution is -0.118. The zero-order chi connectivity index (χ0) is 20.4. The molecule has 2 aromatic rings. The molecule has 0 aliphatic carbocycles. The highest BCUT2D eigenvalue weighted by Gasteiger charge is 2.09. The second-order valence-electron chi connectivity index (χ2n) is 5.48. The molecule has 2 rings (SSSR count). The summed E-state index contributed by atoms with van der Waals surface area (Å²) >= 11 is 5.01. The van der Waals surface area contributed by atoms with Crippen LogP contribution in [0.4, 0.5) is 10.1 Å². The zero-order valence-electron chi connectivity index (χ0n) is 15.5. The van der Waals surface area contributed by atoms with Gasteiger partial charge in [0.15, 0.2) is 23.2 Å². The lowest BCUT2D eigenvalue weighted by Gasteiger charge is -2.11. The predicted octanol–water partition coefficient (Wildman–Crippen LogP) is 2.67. The lowest BCUT2D eigenvalue weighted by Crippen LogP contribution is -2.31. The van der Waals surface area contributed by atoms with E-state index in [1.807, 2.05) is 6.92 Å². The zero-order valence-corrected chi connectivity index (χ0v) is 16.3. The van der Waals surface area contributed by atoms with Gasteiger partial charge in [-0.1, -0.05) is 0 Å². The maximum atomic E-state index is 12.9. The summed E-state index contributed by atoms with van der Waals surface area (Å²) in [5, 5.41) is 9.99. The molecule has 0 radical (unpaired) electrons. The summed E-state index contributed by atoms with van der Waals surface area (Å²) < 4.78 is 23.7. The van der Waals surface area contributed by atoms with Crippen molar-refractivity contribution in [2.24, 2.45) is 5.10 Å². The van der Waals surface area contributed by atoms with E-state index >= 15 is 0 Å². The van der Waals surface area contributed by atoms with E-state index in [0.717, 1.165) is 5.56 Å². The number of carbonyl (C=O) groups excluding carboxylic acids is 1. The molecule has 0 saturated carbocycles.